The van der Waals surface area contributed by atoms with Gasteiger partial charge in [-0.1, -0.05) is 19.9 Å². The maximum atomic E-state index is 9.69. The summed E-state index contributed by atoms with van der Waals surface area (Å²) in [6.07, 6.45) is 8.98. The predicted octanol–water partition coefficient (Wildman–Crippen LogP) is 5.00. The second-order valence-electron chi connectivity index (χ2n) is 7.68. The highest BCUT2D eigenvalue weighted by molar-refractivity contribution is 5.68. The number of nitrogens with two attached hydrogens (primary N) is 1. The predicted molar refractivity (Wildman–Crippen MR) is 131 cm³/mol. The molecule has 6 heteroatoms. The lowest BCUT2D eigenvalue weighted by molar-refractivity contribution is 0.0512. The highest BCUT2D eigenvalue weighted by Crippen LogP contribution is 2.37. The Hall–Kier alpha value is -2.78. The van der Waals surface area contributed by atoms with Crippen molar-refractivity contribution in [3.8, 4) is 6.07 Å². The molecular weight excluding hydrogens is 386 g/mol. The minimum absolute atomic E-state index is 0.557. The third-order valence-corrected chi connectivity index (χ3v) is 4.86. The lowest BCUT2D eigenvalue weighted by Gasteiger charge is -2.31. The highest BCUT2D eigenvalue weighted by atomic mass is 16.5. The van der Waals surface area contributed by atoms with Crippen molar-refractivity contribution in [1.82, 2.24) is 10.2 Å². The zero-order valence-electron chi connectivity index (χ0n) is 20.6. The molecule has 0 aromatic rings. The summed E-state index contributed by atoms with van der Waals surface area (Å²) in [7, 11) is 0. The van der Waals surface area contributed by atoms with Crippen molar-refractivity contribution in [3.63, 3.8) is 0 Å². The number of hydrogen-bond donors (Lipinski definition) is 3. The van der Waals surface area contributed by atoms with Crippen LogP contribution in [-0.2, 0) is 4.74 Å². The van der Waals surface area contributed by atoms with Gasteiger partial charge in [0.1, 0.15) is 5.82 Å². The first kappa shape index (κ1) is 28.2. The number of nitrogens with zero attached hydrogens (tertiary/aromatic N) is 2. The van der Waals surface area contributed by atoms with Crippen molar-refractivity contribution in [2.75, 3.05) is 26.3 Å². The van der Waals surface area contributed by atoms with Crippen LogP contribution in [0.5, 0.6) is 0 Å². The Labute approximate surface area is 189 Å². The Bertz CT molecular complexity index is 781. The molecule has 0 bridgehead atoms. The van der Waals surface area contributed by atoms with E-state index in [9.17, 15) is 5.26 Å². The molecular formula is C25H41N5O. The first-order chi connectivity index (χ1) is 14.7. The first-order valence-corrected chi connectivity index (χ1v) is 10.9. The fraction of sp³-hybridized carbons (Fsp3) is 0.520. The molecule has 0 amide bonds. The molecule has 0 radical (unpaired) electrons. The SMILES string of the molecule is C/C(N)=C/C=N.C/C=C(/C)C1=C(C(C)(C)C#N)C=C(N2CCOCC2)NC=C1C.CC. The van der Waals surface area contributed by atoms with Crippen molar-refractivity contribution in [2.45, 2.75) is 55.4 Å². The molecule has 6 nitrogen and oxygen atoms in total. The lowest BCUT2D eigenvalue weighted by Crippen LogP contribution is -2.39. The van der Waals surface area contributed by atoms with Gasteiger partial charge in [-0.25, -0.2) is 0 Å². The van der Waals surface area contributed by atoms with Crippen LogP contribution < -0.4 is 11.1 Å². The summed E-state index contributed by atoms with van der Waals surface area (Å²) in [6, 6.07) is 2.46. The minimum atomic E-state index is -0.557. The van der Waals surface area contributed by atoms with Crippen LogP contribution in [-0.4, -0.2) is 37.4 Å². The number of morpholine rings is 1. The van der Waals surface area contributed by atoms with Gasteiger partial charge in [-0.05, 0) is 76.0 Å². The number of hydrogen-bond acceptors (Lipinski definition) is 6. The summed E-state index contributed by atoms with van der Waals surface area (Å²) in [5.74, 6) is 1.05. The minimum Gasteiger partial charge on any atom is -0.402 e. The normalized spacial score (nSPS) is 17.5. The number of nitriles is 1. The maximum Gasteiger partial charge on any atom is 0.106 e. The molecule has 172 valence electrons. The fourth-order valence-electron chi connectivity index (χ4n) is 3.06. The van der Waals surface area contributed by atoms with Crippen molar-refractivity contribution in [1.29, 1.82) is 10.7 Å². The van der Waals surface area contributed by atoms with E-state index < -0.39 is 5.41 Å². The van der Waals surface area contributed by atoms with Crippen molar-refractivity contribution in [3.05, 3.63) is 58.2 Å². The average molecular weight is 428 g/mol. The Kier molecular flexibility index (Phi) is 13.0. The van der Waals surface area contributed by atoms with E-state index in [1.807, 2.05) is 40.8 Å². The van der Waals surface area contributed by atoms with E-state index in [0.717, 1.165) is 55.1 Å². The molecule has 2 aliphatic rings. The molecule has 2 heterocycles. The average Bonchev–Trinajstić information content (AvgIpc) is 2.95. The third-order valence-electron chi connectivity index (χ3n) is 4.86. The Balaban J connectivity index is 0.000000970. The van der Waals surface area contributed by atoms with Gasteiger partial charge in [0.05, 0.1) is 24.7 Å². The molecule has 4 N–H and O–H groups in total. The van der Waals surface area contributed by atoms with Crippen LogP contribution in [0.4, 0.5) is 0 Å². The fourth-order valence-corrected chi connectivity index (χ4v) is 3.06. The van der Waals surface area contributed by atoms with Gasteiger partial charge in [0.25, 0.3) is 0 Å². The second kappa shape index (κ2) is 14.3. The summed E-state index contributed by atoms with van der Waals surface area (Å²) in [5, 5.41) is 19.6. The van der Waals surface area contributed by atoms with Gasteiger partial charge in [0.15, 0.2) is 0 Å². The van der Waals surface area contributed by atoms with Crippen LogP contribution in [0, 0.1) is 22.2 Å². The number of nitrogens with one attached hydrogen (secondary N) is 2. The van der Waals surface area contributed by atoms with Crippen LogP contribution in [0.3, 0.4) is 0 Å². The molecule has 0 saturated carbocycles. The monoisotopic (exact) mass is 427 g/mol. The smallest absolute Gasteiger partial charge is 0.106 e. The Morgan fingerprint density at radius 1 is 1.29 bits per heavy atom. The van der Waals surface area contributed by atoms with E-state index in [0.29, 0.717) is 5.70 Å². The molecule has 0 unspecified atom stereocenters. The molecule has 2 aliphatic heterocycles. The molecule has 0 spiro atoms. The van der Waals surface area contributed by atoms with E-state index in [4.69, 9.17) is 15.9 Å². The van der Waals surface area contributed by atoms with E-state index in [1.165, 1.54) is 11.6 Å². The van der Waals surface area contributed by atoms with Crippen LogP contribution in [0.1, 0.15) is 55.4 Å². The first-order valence-electron chi connectivity index (χ1n) is 10.9. The second-order valence-corrected chi connectivity index (χ2v) is 7.68. The highest BCUT2D eigenvalue weighted by Gasteiger charge is 2.28. The summed E-state index contributed by atoms with van der Waals surface area (Å²) < 4.78 is 5.45. The number of allylic oxidation sites excluding steroid dienone is 8. The molecule has 0 atom stereocenters. The largest absolute Gasteiger partial charge is 0.402 e. The van der Waals surface area contributed by atoms with Gasteiger partial charge in [-0.15, -0.1) is 0 Å². The molecule has 0 aliphatic carbocycles. The molecule has 2 rings (SSSR count). The van der Waals surface area contributed by atoms with Crippen molar-refractivity contribution >= 4 is 6.21 Å². The van der Waals surface area contributed by atoms with Gasteiger partial charge in [0, 0.05) is 31.2 Å². The zero-order chi connectivity index (χ0) is 24.0. The van der Waals surface area contributed by atoms with Crippen LogP contribution in [0.15, 0.2) is 58.2 Å². The topological polar surface area (TPSA) is 98.2 Å². The molecule has 0 aromatic heterocycles. The molecule has 1 fully saturated rings. The molecule has 0 aromatic carbocycles. The van der Waals surface area contributed by atoms with Crippen LogP contribution in [0.2, 0.25) is 0 Å². The van der Waals surface area contributed by atoms with E-state index in [2.05, 4.69) is 42.3 Å². The number of ether oxygens (including phenoxy) is 1. The van der Waals surface area contributed by atoms with E-state index in [1.54, 1.807) is 6.92 Å². The van der Waals surface area contributed by atoms with Gasteiger partial charge in [-0.2, -0.15) is 5.26 Å². The summed E-state index contributed by atoms with van der Waals surface area (Å²) in [4.78, 5) is 2.29. The lowest BCUT2D eigenvalue weighted by atomic mass is 9.79. The Morgan fingerprint density at radius 2 is 1.87 bits per heavy atom. The molecule has 1 saturated heterocycles. The van der Waals surface area contributed by atoms with Gasteiger partial charge in [-0.3, -0.25) is 0 Å². The zero-order valence-corrected chi connectivity index (χ0v) is 20.6. The maximum absolute atomic E-state index is 9.69. The summed E-state index contributed by atoms with van der Waals surface area (Å²) in [5.41, 5.74) is 9.80. The standard InChI is InChI=1S/C19H27N3O.C4H8N2.C2H6/c1-6-14(2)18-15(3)12-21-17(22-7-9-23-10-8-22)11-16(18)19(4,5)13-20;1-4(6)2-3-5;1-2/h6,11-12,21H,7-10H2,1-5H3;2-3,5H,6H2,1H3;1-2H3/b14-6-;4-2-,5-3?;. The third kappa shape index (κ3) is 8.85. The van der Waals surface area contributed by atoms with Crippen LogP contribution in [0.25, 0.3) is 0 Å². The van der Waals surface area contributed by atoms with Crippen molar-refractivity contribution < 1.29 is 4.74 Å². The summed E-state index contributed by atoms with van der Waals surface area (Å²) in [6.45, 7) is 19.2. The number of rotatable bonds is 4. The quantitative estimate of drug-likeness (QED) is 0.548. The summed E-state index contributed by atoms with van der Waals surface area (Å²) >= 11 is 0. The molecule has 31 heavy (non-hydrogen) atoms. The van der Waals surface area contributed by atoms with Crippen molar-refractivity contribution in [2.24, 2.45) is 11.1 Å². The van der Waals surface area contributed by atoms with E-state index in [-0.39, 0.29) is 0 Å². The Morgan fingerprint density at radius 3 is 2.29 bits per heavy atom. The van der Waals surface area contributed by atoms with E-state index >= 15 is 0 Å². The van der Waals surface area contributed by atoms with Gasteiger partial charge < -0.3 is 26.1 Å². The van der Waals surface area contributed by atoms with Gasteiger partial charge in [0.2, 0.25) is 0 Å². The van der Waals surface area contributed by atoms with Gasteiger partial charge >= 0.3 is 0 Å². The van der Waals surface area contributed by atoms with Crippen LogP contribution >= 0.6 is 0 Å².